The van der Waals surface area contributed by atoms with Crippen LogP contribution in [-0.2, 0) is 0 Å². The van der Waals surface area contributed by atoms with Crippen LogP contribution in [0.15, 0.2) is 59.1 Å². The normalized spacial score (nSPS) is 23.7. The summed E-state index contributed by atoms with van der Waals surface area (Å²) in [5, 5.41) is 19.2. The van der Waals surface area contributed by atoms with Crippen LogP contribution >= 0.6 is 0 Å². The molecule has 1 atom stereocenters. The molecule has 100 valence electrons. The van der Waals surface area contributed by atoms with Crippen molar-refractivity contribution in [3.8, 4) is 0 Å². The highest BCUT2D eigenvalue weighted by molar-refractivity contribution is 5.57. The van der Waals surface area contributed by atoms with Gasteiger partial charge in [-0.1, -0.05) is 18.2 Å². The van der Waals surface area contributed by atoms with Crippen molar-refractivity contribution in [1.82, 2.24) is 16.0 Å². The summed E-state index contributed by atoms with van der Waals surface area (Å²) >= 11 is 0. The van der Waals surface area contributed by atoms with Crippen LogP contribution in [0.1, 0.15) is 6.42 Å². The van der Waals surface area contributed by atoms with Crippen LogP contribution in [0.4, 0.5) is 0 Å². The van der Waals surface area contributed by atoms with Crippen LogP contribution in [0, 0.1) is 0 Å². The monoisotopic (exact) mass is 257 g/mol. The van der Waals surface area contributed by atoms with Gasteiger partial charge in [-0.25, -0.2) is 0 Å². The molecular formula is C15H19N3O. The van der Waals surface area contributed by atoms with Gasteiger partial charge in [-0.3, -0.25) is 0 Å². The molecule has 0 radical (unpaired) electrons. The van der Waals surface area contributed by atoms with Crippen molar-refractivity contribution in [2.75, 3.05) is 19.7 Å². The van der Waals surface area contributed by atoms with E-state index < -0.39 is 0 Å². The van der Waals surface area contributed by atoms with Crippen molar-refractivity contribution in [3.63, 3.8) is 0 Å². The quantitative estimate of drug-likeness (QED) is 0.560. The number of rotatable bonds is 4. The second-order valence-corrected chi connectivity index (χ2v) is 4.80. The molecule has 0 saturated carbocycles. The maximum Gasteiger partial charge on any atom is 0.0936 e. The minimum Gasteiger partial charge on any atom is -0.396 e. The molecule has 0 saturated heterocycles. The van der Waals surface area contributed by atoms with Gasteiger partial charge in [0.25, 0.3) is 0 Å². The lowest BCUT2D eigenvalue weighted by atomic mass is 9.88. The van der Waals surface area contributed by atoms with E-state index in [0.29, 0.717) is 0 Å². The van der Waals surface area contributed by atoms with E-state index in [0.717, 1.165) is 25.2 Å². The van der Waals surface area contributed by atoms with Gasteiger partial charge >= 0.3 is 0 Å². The molecule has 0 aromatic heterocycles. The van der Waals surface area contributed by atoms with Crippen LogP contribution in [0.5, 0.6) is 0 Å². The number of aliphatic hydroxyl groups excluding tert-OH is 1. The van der Waals surface area contributed by atoms with Gasteiger partial charge in [0.05, 0.1) is 6.04 Å². The summed E-state index contributed by atoms with van der Waals surface area (Å²) in [6.07, 6.45) is 13.4. The molecule has 2 heterocycles. The maximum atomic E-state index is 8.89. The second kappa shape index (κ2) is 5.36. The van der Waals surface area contributed by atoms with Gasteiger partial charge in [-0.2, -0.15) is 0 Å². The molecule has 3 aliphatic rings. The highest BCUT2D eigenvalue weighted by Gasteiger charge is 2.28. The van der Waals surface area contributed by atoms with E-state index >= 15 is 0 Å². The van der Waals surface area contributed by atoms with Gasteiger partial charge in [0.2, 0.25) is 0 Å². The SMILES string of the molecule is OCCCNC1=CC2=C(NCC=C2)C2NC=CC=C12. The number of dihydropyridines is 2. The number of hydrogen-bond donors (Lipinski definition) is 4. The largest absolute Gasteiger partial charge is 0.396 e. The molecule has 0 aromatic rings. The number of aliphatic hydroxyl groups is 1. The number of nitrogens with one attached hydrogen (secondary N) is 3. The summed E-state index contributed by atoms with van der Waals surface area (Å²) in [7, 11) is 0. The van der Waals surface area contributed by atoms with E-state index in [-0.39, 0.29) is 12.6 Å². The van der Waals surface area contributed by atoms with Crippen LogP contribution in [-0.4, -0.2) is 30.8 Å². The van der Waals surface area contributed by atoms with Gasteiger partial charge in [-0.15, -0.1) is 0 Å². The number of hydrogen-bond acceptors (Lipinski definition) is 4. The fraction of sp³-hybridized carbons (Fsp3) is 0.333. The van der Waals surface area contributed by atoms with E-state index in [9.17, 15) is 0 Å². The lowest BCUT2D eigenvalue weighted by molar-refractivity contribution is 0.288. The van der Waals surface area contributed by atoms with Crippen molar-refractivity contribution in [3.05, 3.63) is 59.1 Å². The van der Waals surface area contributed by atoms with Crippen LogP contribution in [0.3, 0.4) is 0 Å². The molecule has 1 aliphatic carbocycles. The van der Waals surface area contributed by atoms with Crippen LogP contribution < -0.4 is 16.0 Å². The van der Waals surface area contributed by atoms with E-state index in [4.69, 9.17) is 5.11 Å². The Morgan fingerprint density at radius 3 is 3.26 bits per heavy atom. The highest BCUT2D eigenvalue weighted by atomic mass is 16.3. The zero-order valence-corrected chi connectivity index (χ0v) is 10.8. The van der Waals surface area contributed by atoms with Gasteiger partial charge < -0.3 is 21.1 Å². The Bertz CT molecular complexity index is 511. The minimum absolute atomic E-state index is 0.201. The average molecular weight is 257 g/mol. The molecule has 4 nitrogen and oxygen atoms in total. The van der Waals surface area contributed by atoms with Crippen molar-refractivity contribution < 1.29 is 5.11 Å². The lowest BCUT2D eigenvalue weighted by Gasteiger charge is -2.34. The van der Waals surface area contributed by atoms with E-state index in [1.165, 1.54) is 16.8 Å². The first-order valence-electron chi connectivity index (χ1n) is 6.74. The van der Waals surface area contributed by atoms with Crippen LogP contribution in [0.2, 0.25) is 0 Å². The summed E-state index contributed by atoms with van der Waals surface area (Å²) in [5.41, 5.74) is 4.86. The Morgan fingerprint density at radius 2 is 2.37 bits per heavy atom. The first-order valence-corrected chi connectivity index (χ1v) is 6.74. The summed E-state index contributed by atoms with van der Waals surface area (Å²) in [6.45, 7) is 1.89. The molecule has 19 heavy (non-hydrogen) atoms. The number of allylic oxidation sites excluding steroid dienone is 5. The molecule has 4 N–H and O–H groups in total. The first-order chi connectivity index (χ1) is 9.40. The van der Waals surface area contributed by atoms with Crippen LogP contribution in [0.25, 0.3) is 0 Å². The Kier molecular flexibility index (Phi) is 3.42. The van der Waals surface area contributed by atoms with Crippen molar-refractivity contribution in [2.24, 2.45) is 0 Å². The van der Waals surface area contributed by atoms with Gasteiger partial charge in [0.15, 0.2) is 0 Å². The predicted molar refractivity (Wildman–Crippen MR) is 76.1 cm³/mol. The standard InChI is InChI=1S/C15H19N3O/c19-9-3-8-16-13-10-11-4-1-6-17-14(11)15-12(13)5-2-7-18-15/h1-2,4-5,7,10,15-19H,3,6,8-9H2. The molecule has 0 aromatic carbocycles. The maximum absolute atomic E-state index is 8.89. The van der Waals surface area contributed by atoms with Crippen molar-refractivity contribution in [1.29, 1.82) is 0 Å². The summed E-state index contributed by atoms with van der Waals surface area (Å²) in [5.74, 6) is 0. The molecule has 0 fully saturated rings. The van der Waals surface area contributed by atoms with Gasteiger partial charge in [0.1, 0.15) is 0 Å². The van der Waals surface area contributed by atoms with Crippen molar-refractivity contribution in [2.45, 2.75) is 12.5 Å². The molecule has 2 aliphatic heterocycles. The predicted octanol–water partition coefficient (Wildman–Crippen LogP) is 0.681. The smallest absolute Gasteiger partial charge is 0.0936 e. The Morgan fingerprint density at radius 1 is 1.42 bits per heavy atom. The zero-order chi connectivity index (χ0) is 13.1. The molecule has 3 rings (SSSR count). The third-order valence-electron chi connectivity index (χ3n) is 3.51. The fourth-order valence-electron chi connectivity index (χ4n) is 2.61. The van der Waals surface area contributed by atoms with Gasteiger partial charge in [-0.05, 0) is 30.3 Å². The minimum atomic E-state index is 0.201. The summed E-state index contributed by atoms with van der Waals surface area (Å²) in [6, 6.07) is 0.201. The molecule has 4 heteroatoms. The van der Waals surface area contributed by atoms with E-state index in [2.05, 4.69) is 40.3 Å². The van der Waals surface area contributed by atoms with E-state index in [1.807, 2.05) is 12.3 Å². The van der Waals surface area contributed by atoms with Gasteiger partial charge in [0, 0.05) is 36.7 Å². The average Bonchev–Trinajstić information content (AvgIpc) is 2.47. The third kappa shape index (κ3) is 2.31. The Labute approximate surface area is 113 Å². The summed E-state index contributed by atoms with van der Waals surface area (Å²) < 4.78 is 0. The van der Waals surface area contributed by atoms with Crippen molar-refractivity contribution >= 4 is 0 Å². The molecule has 0 amide bonds. The van der Waals surface area contributed by atoms with E-state index in [1.54, 1.807) is 0 Å². The molecule has 0 spiro atoms. The first kappa shape index (κ1) is 12.1. The Hall–Kier alpha value is -1.94. The lowest BCUT2D eigenvalue weighted by Crippen LogP contribution is -2.42. The second-order valence-electron chi connectivity index (χ2n) is 4.80. The number of fused-ring (bicyclic) bond motifs is 2. The zero-order valence-electron chi connectivity index (χ0n) is 10.8. The highest BCUT2D eigenvalue weighted by Crippen LogP contribution is 2.30. The molecular weight excluding hydrogens is 238 g/mol. The topological polar surface area (TPSA) is 56.3 Å². The fourth-order valence-corrected chi connectivity index (χ4v) is 2.61. The Balaban J connectivity index is 1.89. The third-order valence-corrected chi connectivity index (χ3v) is 3.51. The molecule has 0 bridgehead atoms. The summed E-state index contributed by atoms with van der Waals surface area (Å²) in [4.78, 5) is 0. The molecule has 1 unspecified atom stereocenters.